The van der Waals surface area contributed by atoms with Gasteiger partial charge < -0.3 is 30.4 Å². The van der Waals surface area contributed by atoms with Crippen LogP contribution in [0.15, 0.2) is 24.3 Å². The van der Waals surface area contributed by atoms with Crippen molar-refractivity contribution in [2.45, 2.75) is 51.6 Å². The first kappa shape index (κ1) is 26.1. The van der Waals surface area contributed by atoms with E-state index in [4.69, 9.17) is 9.47 Å². The minimum Gasteiger partial charge on any atom is -0.496 e. The van der Waals surface area contributed by atoms with Crippen LogP contribution in [-0.4, -0.2) is 61.5 Å². The molecule has 1 aromatic carbocycles. The van der Waals surface area contributed by atoms with E-state index in [1.54, 1.807) is 19.2 Å². The fourth-order valence-electron chi connectivity index (χ4n) is 4.34. The van der Waals surface area contributed by atoms with Gasteiger partial charge in [0.25, 0.3) is 5.91 Å². The van der Waals surface area contributed by atoms with Crippen molar-refractivity contribution >= 4 is 34.6 Å². The minimum absolute atomic E-state index is 0.0922. The summed E-state index contributed by atoms with van der Waals surface area (Å²) in [6, 6.07) is 5.23. The van der Waals surface area contributed by atoms with Crippen molar-refractivity contribution in [2.24, 2.45) is 11.8 Å². The minimum atomic E-state index is -0.995. The van der Waals surface area contributed by atoms with E-state index in [0.29, 0.717) is 25.1 Å². The number of aromatic nitrogens is 1. The SMILES string of the molecule is COC(=O)[C@H](C[C@@H]1CCCNC1=O)NC(=O)[C@H](CC(C)C)NC(=O)c1cc2c(OC)cccc2[nH]1. The van der Waals surface area contributed by atoms with E-state index in [1.807, 2.05) is 26.0 Å². The summed E-state index contributed by atoms with van der Waals surface area (Å²) in [5.74, 6) is -1.41. The lowest BCUT2D eigenvalue weighted by Crippen LogP contribution is -2.53. The lowest BCUT2D eigenvalue weighted by Gasteiger charge is -2.27. The Morgan fingerprint density at radius 3 is 2.57 bits per heavy atom. The summed E-state index contributed by atoms with van der Waals surface area (Å²) >= 11 is 0. The van der Waals surface area contributed by atoms with Gasteiger partial charge in [-0.15, -0.1) is 0 Å². The van der Waals surface area contributed by atoms with Gasteiger partial charge in [-0.2, -0.15) is 0 Å². The second kappa shape index (κ2) is 11.7. The Morgan fingerprint density at radius 2 is 1.91 bits per heavy atom. The maximum Gasteiger partial charge on any atom is 0.328 e. The summed E-state index contributed by atoms with van der Waals surface area (Å²) in [4.78, 5) is 53.9. The van der Waals surface area contributed by atoms with Crippen molar-refractivity contribution in [3.63, 3.8) is 0 Å². The summed E-state index contributed by atoms with van der Waals surface area (Å²) in [5.41, 5.74) is 1.02. The molecule has 1 saturated heterocycles. The number of ether oxygens (including phenoxy) is 2. The third-order valence-electron chi connectivity index (χ3n) is 6.14. The molecule has 35 heavy (non-hydrogen) atoms. The number of hydrogen-bond donors (Lipinski definition) is 4. The standard InChI is InChI=1S/C25H34N4O6/c1-14(2)11-18(28-24(32)19-13-16-17(27-19)8-5-9-21(16)34-3)23(31)29-20(25(33)35-4)12-15-7-6-10-26-22(15)30/h5,8-9,13-15,18,20,27H,6-7,10-12H2,1-4H3,(H,26,30)(H,28,32)(H,29,31)/t15-,18-,20-/m0/s1. The van der Waals surface area contributed by atoms with E-state index in [9.17, 15) is 19.2 Å². The topological polar surface area (TPSA) is 139 Å². The molecule has 4 N–H and O–H groups in total. The van der Waals surface area contributed by atoms with Crippen molar-refractivity contribution in [2.75, 3.05) is 20.8 Å². The van der Waals surface area contributed by atoms with Gasteiger partial charge in [0, 0.05) is 23.4 Å². The molecular formula is C25H34N4O6. The van der Waals surface area contributed by atoms with Crippen molar-refractivity contribution in [1.82, 2.24) is 20.9 Å². The lowest BCUT2D eigenvalue weighted by atomic mass is 9.91. The predicted molar refractivity (Wildman–Crippen MR) is 130 cm³/mol. The molecule has 10 heteroatoms. The van der Waals surface area contributed by atoms with Crippen LogP contribution in [0.2, 0.25) is 0 Å². The largest absolute Gasteiger partial charge is 0.496 e. The van der Waals surface area contributed by atoms with Crippen LogP contribution in [0.3, 0.4) is 0 Å². The second-order valence-corrected chi connectivity index (χ2v) is 9.21. The molecule has 2 aromatic rings. The van der Waals surface area contributed by atoms with E-state index >= 15 is 0 Å². The normalized spacial score (nSPS) is 17.4. The third kappa shape index (κ3) is 6.52. The highest BCUT2D eigenvalue weighted by Crippen LogP contribution is 2.26. The van der Waals surface area contributed by atoms with Gasteiger partial charge in [-0.25, -0.2) is 4.79 Å². The van der Waals surface area contributed by atoms with E-state index in [0.717, 1.165) is 17.3 Å². The van der Waals surface area contributed by atoms with Gasteiger partial charge >= 0.3 is 5.97 Å². The molecule has 3 rings (SSSR count). The zero-order chi connectivity index (χ0) is 25.5. The first-order valence-corrected chi connectivity index (χ1v) is 11.9. The Kier molecular flexibility index (Phi) is 8.73. The highest BCUT2D eigenvalue weighted by Gasteiger charge is 2.33. The van der Waals surface area contributed by atoms with E-state index < -0.39 is 35.8 Å². The number of H-pyrrole nitrogens is 1. The summed E-state index contributed by atoms with van der Waals surface area (Å²) in [7, 11) is 2.79. The zero-order valence-electron chi connectivity index (χ0n) is 20.6. The van der Waals surface area contributed by atoms with Gasteiger partial charge in [0.05, 0.1) is 14.2 Å². The summed E-state index contributed by atoms with van der Waals surface area (Å²) in [6.45, 7) is 4.47. The van der Waals surface area contributed by atoms with Gasteiger partial charge in [-0.3, -0.25) is 14.4 Å². The molecule has 1 aliphatic rings. The molecule has 0 bridgehead atoms. The molecule has 1 aliphatic heterocycles. The summed E-state index contributed by atoms with van der Waals surface area (Å²) < 4.78 is 10.2. The molecule has 1 fully saturated rings. The maximum absolute atomic E-state index is 13.2. The molecule has 190 valence electrons. The Hall–Kier alpha value is -3.56. The van der Waals surface area contributed by atoms with Gasteiger partial charge in [0.15, 0.2) is 0 Å². The number of carbonyl (C=O) groups excluding carboxylic acids is 4. The van der Waals surface area contributed by atoms with Crippen molar-refractivity contribution in [3.8, 4) is 5.75 Å². The van der Waals surface area contributed by atoms with E-state index in [2.05, 4.69) is 20.9 Å². The Bertz CT molecular complexity index is 1080. The molecule has 0 saturated carbocycles. The first-order valence-electron chi connectivity index (χ1n) is 11.9. The number of benzene rings is 1. The number of aromatic amines is 1. The van der Waals surface area contributed by atoms with Gasteiger partial charge in [-0.05, 0) is 49.8 Å². The van der Waals surface area contributed by atoms with Crippen LogP contribution in [0, 0.1) is 11.8 Å². The van der Waals surface area contributed by atoms with Crippen LogP contribution in [0.25, 0.3) is 10.9 Å². The number of amides is 3. The number of esters is 1. The highest BCUT2D eigenvalue weighted by atomic mass is 16.5. The fraction of sp³-hybridized carbons (Fsp3) is 0.520. The average molecular weight is 487 g/mol. The molecular weight excluding hydrogens is 452 g/mol. The molecule has 3 amide bonds. The maximum atomic E-state index is 13.2. The third-order valence-corrected chi connectivity index (χ3v) is 6.14. The van der Waals surface area contributed by atoms with Gasteiger partial charge in [-0.1, -0.05) is 19.9 Å². The van der Waals surface area contributed by atoms with Crippen LogP contribution >= 0.6 is 0 Å². The quantitative estimate of drug-likeness (QED) is 0.378. The molecule has 0 radical (unpaired) electrons. The smallest absolute Gasteiger partial charge is 0.328 e. The van der Waals surface area contributed by atoms with Crippen LogP contribution in [0.5, 0.6) is 5.75 Å². The number of carbonyl (C=O) groups is 4. The Morgan fingerprint density at radius 1 is 1.14 bits per heavy atom. The lowest BCUT2D eigenvalue weighted by molar-refractivity contribution is -0.146. The molecule has 10 nitrogen and oxygen atoms in total. The van der Waals surface area contributed by atoms with Crippen LogP contribution in [-0.2, 0) is 19.1 Å². The summed E-state index contributed by atoms with van der Waals surface area (Å²) in [6.07, 6.45) is 1.93. The predicted octanol–water partition coefficient (Wildman–Crippen LogP) is 1.90. The van der Waals surface area contributed by atoms with E-state index in [-0.39, 0.29) is 23.9 Å². The second-order valence-electron chi connectivity index (χ2n) is 9.21. The number of rotatable bonds is 10. The number of nitrogens with one attached hydrogen (secondary N) is 4. The first-order chi connectivity index (χ1) is 16.7. The Balaban J connectivity index is 1.75. The van der Waals surface area contributed by atoms with Crippen molar-refractivity contribution in [3.05, 3.63) is 30.0 Å². The number of piperidine rings is 1. The number of methoxy groups -OCH3 is 2. The van der Waals surface area contributed by atoms with E-state index in [1.165, 1.54) is 7.11 Å². The Labute approximate surface area is 204 Å². The zero-order valence-corrected chi connectivity index (χ0v) is 20.6. The number of hydrogen-bond acceptors (Lipinski definition) is 6. The van der Waals surface area contributed by atoms with Gasteiger partial charge in [0.1, 0.15) is 23.5 Å². The van der Waals surface area contributed by atoms with Crippen molar-refractivity contribution in [1.29, 1.82) is 0 Å². The highest BCUT2D eigenvalue weighted by molar-refractivity contribution is 6.01. The van der Waals surface area contributed by atoms with Crippen molar-refractivity contribution < 1.29 is 28.7 Å². The molecule has 3 atom stereocenters. The number of fused-ring (bicyclic) bond motifs is 1. The average Bonchev–Trinajstić information content (AvgIpc) is 3.28. The van der Waals surface area contributed by atoms with Crippen LogP contribution < -0.4 is 20.7 Å². The molecule has 0 aliphatic carbocycles. The fourth-order valence-corrected chi connectivity index (χ4v) is 4.34. The monoisotopic (exact) mass is 486 g/mol. The molecule has 2 heterocycles. The van der Waals surface area contributed by atoms with Gasteiger partial charge in [0.2, 0.25) is 11.8 Å². The summed E-state index contributed by atoms with van der Waals surface area (Å²) in [5, 5.41) is 9.03. The molecule has 0 spiro atoms. The molecule has 0 unspecified atom stereocenters. The molecule has 1 aromatic heterocycles. The van der Waals surface area contributed by atoms with Crippen LogP contribution in [0.4, 0.5) is 0 Å². The van der Waals surface area contributed by atoms with Crippen LogP contribution in [0.1, 0.15) is 50.0 Å².